The van der Waals surface area contributed by atoms with Gasteiger partial charge in [-0.2, -0.15) is 10.4 Å². The lowest BCUT2D eigenvalue weighted by atomic mass is 10.0. The number of carbonyl (C=O) groups is 2. The Morgan fingerprint density at radius 3 is 2.43 bits per heavy atom. The summed E-state index contributed by atoms with van der Waals surface area (Å²) in [6.45, 7) is 3.80. The number of nitrogens with one attached hydrogen (secondary N) is 2. The zero-order valence-corrected chi connectivity index (χ0v) is 19.4. The summed E-state index contributed by atoms with van der Waals surface area (Å²) < 4.78 is 19.6. The molecule has 35 heavy (non-hydrogen) atoms. The number of nitriles is 1. The van der Waals surface area contributed by atoms with E-state index in [1.807, 2.05) is 12.1 Å². The fourth-order valence-corrected chi connectivity index (χ4v) is 3.21. The highest BCUT2D eigenvalue weighted by Crippen LogP contribution is 2.15. The third-order valence-corrected chi connectivity index (χ3v) is 5.15. The number of rotatable bonds is 9. The van der Waals surface area contributed by atoms with Crippen LogP contribution in [0, 0.1) is 23.1 Å². The first-order valence-corrected chi connectivity index (χ1v) is 11.0. The maximum atomic E-state index is 13.9. The van der Waals surface area contributed by atoms with Crippen LogP contribution in [0.15, 0.2) is 77.9 Å². The van der Waals surface area contributed by atoms with Gasteiger partial charge in [-0.1, -0.05) is 44.2 Å². The molecule has 3 aromatic carbocycles. The lowest BCUT2D eigenvalue weighted by Gasteiger charge is -2.20. The number of carbonyl (C=O) groups excluding carboxylic acids is 2. The van der Waals surface area contributed by atoms with E-state index in [2.05, 4.69) is 21.9 Å². The molecule has 8 heteroatoms. The van der Waals surface area contributed by atoms with Gasteiger partial charge in [-0.05, 0) is 53.9 Å². The van der Waals surface area contributed by atoms with Gasteiger partial charge in [0.2, 0.25) is 0 Å². The standard InChI is InChI=1S/C27H25FN4O3/c1-18(2)25(31-26(33)23-9-5-6-10-24(23)28)27(34)32-30-16-19-11-13-22(14-12-19)35-17-21-8-4-3-7-20(21)15-29/h3-14,16,18,25H,17H2,1-2H3,(H,31,33)(H,32,34). The molecule has 1 unspecified atom stereocenters. The molecule has 0 radical (unpaired) electrons. The smallest absolute Gasteiger partial charge is 0.262 e. The van der Waals surface area contributed by atoms with Crippen LogP contribution < -0.4 is 15.5 Å². The van der Waals surface area contributed by atoms with E-state index < -0.39 is 23.7 Å². The molecular formula is C27H25FN4O3. The highest BCUT2D eigenvalue weighted by molar-refractivity contribution is 5.98. The Bertz CT molecular complexity index is 1250. The van der Waals surface area contributed by atoms with Gasteiger partial charge in [0.1, 0.15) is 24.2 Å². The Kier molecular flexibility index (Phi) is 8.68. The van der Waals surface area contributed by atoms with Crippen LogP contribution in [0.3, 0.4) is 0 Å². The average Bonchev–Trinajstić information content (AvgIpc) is 2.86. The second-order valence-corrected chi connectivity index (χ2v) is 8.04. The van der Waals surface area contributed by atoms with Crippen molar-refractivity contribution in [1.29, 1.82) is 5.26 Å². The minimum Gasteiger partial charge on any atom is -0.489 e. The highest BCUT2D eigenvalue weighted by Gasteiger charge is 2.25. The third-order valence-electron chi connectivity index (χ3n) is 5.15. The molecule has 0 fully saturated rings. The van der Waals surface area contributed by atoms with E-state index in [1.165, 1.54) is 24.4 Å². The van der Waals surface area contributed by atoms with Crippen molar-refractivity contribution in [2.24, 2.45) is 11.0 Å². The van der Waals surface area contributed by atoms with Gasteiger partial charge in [0.25, 0.3) is 11.8 Å². The summed E-state index contributed by atoms with van der Waals surface area (Å²) in [7, 11) is 0. The Labute approximate surface area is 203 Å². The molecule has 178 valence electrons. The predicted molar refractivity (Wildman–Crippen MR) is 130 cm³/mol. The Morgan fingerprint density at radius 1 is 1.06 bits per heavy atom. The van der Waals surface area contributed by atoms with Crippen LogP contribution in [0.4, 0.5) is 4.39 Å². The summed E-state index contributed by atoms with van der Waals surface area (Å²) in [5, 5.41) is 15.7. The quantitative estimate of drug-likeness (QED) is 0.360. The van der Waals surface area contributed by atoms with Crippen molar-refractivity contribution in [3.8, 4) is 11.8 Å². The summed E-state index contributed by atoms with van der Waals surface area (Å²) in [6, 6.07) is 21.1. The van der Waals surface area contributed by atoms with Crippen molar-refractivity contribution in [2.75, 3.05) is 0 Å². The maximum Gasteiger partial charge on any atom is 0.262 e. The first-order chi connectivity index (χ1) is 16.9. The van der Waals surface area contributed by atoms with Crippen LogP contribution in [0.25, 0.3) is 0 Å². The molecule has 0 aliphatic rings. The molecule has 0 aromatic heterocycles. The third kappa shape index (κ3) is 6.98. The monoisotopic (exact) mass is 472 g/mol. The molecule has 2 amide bonds. The van der Waals surface area contributed by atoms with E-state index >= 15 is 0 Å². The molecule has 1 atom stereocenters. The minimum absolute atomic E-state index is 0.132. The molecular weight excluding hydrogens is 447 g/mol. The molecule has 0 spiro atoms. The Balaban J connectivity index is 1.55. The summed E-state index contributed by atoms with van der Waals surface area (Å²) in [5.74, 6) is -1.48. The van der Waals surface area contributed by atoms with Crippen LogP contribution >= 0.6 is 0 Å². The van der Waals surface area contributed by atoms with Crippen LogP contribution in [-0.2, 0) is 11.4 Å². The summed E-state index contributed by atoms with van der Waals surface area (Å²) in [6.07, 6.45) is 1.46. The highest BCUT2D eigenvalue weighted by atomic mass is 19.1. The van der Waals surface area contributed by atoms with Crippen LogP contribution in [0.1, 0.15) is 40.9 Å². The van der Waals surface area contributed by atoms with Crippen LogP contribution in [0.2, 0.25) is 0 Å². The van der Waals surface area contributed by atoms with Crippen molar-refractivity contribution in [3.63, 3.8) is 0 Å². The predicted octanol–water partition coefficient (Wildman–Crippen LogP) is 4.18. The zero-order valence-electron chi connectivity index (χ0n) is 19.4. The van der Waals surface area contributed by atoms with E-state index in [0.29, 0.717) is 16.9 Å². The van der Waals surface area contributed by atoms with Gasteiger partial charge in [-0.25, -0.2) is 9.82 Å². The fourth-order valence-electron chi connectivity index (χ4n) is 3.21. The van der Waals surface area contributed by atoms with Crippen LogP contribution in [-0.4, -0.2) is 24.1 Å². The molecule has 3 rings (SSSR count). The molecule has 0 bridgehead atoms. The van der Waals surface area contributed by atoms with Gasteiger partial charge in [0.05, 0.1) is 23.4 Å². The van der Waals surface area contributed by atoms with E-state index in [-0.39, 0.29) is 18.1 Å². The van der Waals surface area contributed by atoms with Gasteiger partial charge in [-0.3, -0.25) is 9.59 Å². The Morgan fingerprint density at radius 2 is 1.74 bits per heavy atom. The number of ether oxygens (including phenoxy) is 1. The van der Waals surface area contributed by atoms with Gasteiger partial charge in [0.15, 0.2) is 0 Å². The first-order valence-electron chi connectivity index (χ1n) is 11.0. The first kappa shape index (κ1) is 25.1. The number of amides is 2. The minimum atomic E-state index is -0.897. The van der Waals surface area contributed by atoms with Crippen molar-refractivity contribution < 1.29 is 18.7 Å². The summed E-state index contributed by atoms with van der Waals surface area (Å²) in [5.41, 5.74) is 4.36. The zero-order chi connectivity index (χ0) is 25.2. The molecule has 0 aliphatic carbocycles. The van der Waals surface area contributed by atoms with E-state index in [0.717, 1.165) is 5.56 Å². The second-order valence-electron chi connectivity index (χ2n) is 8.04. The fraction of sp³-hybridized carbons (Fsp3) is 0.185. The molecule has 2 N–H and O–H groups in total. The van der Waals surface area contributed by atoms with Gasteiger partial charge < -0.3 is 10.1 Å². The van der Waals surface area contributed by atoms with E-state index in [4.69, 9.17) is 10.00 Å². The number of halogens is 1. The summed E-state index contributed by atoms with van der Waals surface area (Å²) in [4.78, 5) is 25.0. The van der Waals surface area contributed by atoms with Crippen molar-refractivity contribution in [2.45, 2.75) is 26.5 Å². The molecule has 0 saturated heterocycles. The van der Waals surface area contributed by atoms with Crippen LogP contribution in [0.5, 0.6) is 5.75 Å². The number of benzene rings is 3. The number of nitrogens with zero attached hydrogens (tertiary/aromatic N) is 2. The SMILES string of the molecule is CC(C)C(NC(=O)c1ccccc1F)C(=O)NN=Cc1ccc(OCc2ccccc2C#N)cc1. The number of hydrogen-bond donors (Lipinski definition) is 2. The number of hydrazone groups is 1. The largest absolute Gasteiger partial charge is 0.489 e. The Hall–Kier alpha value is -4.51. The van der Waals surface area contributed by atoms with Crippen molar-refractivity contribution in [1.82, 2.24) is 10.7 Å². The topological polar surface area (TPSA) is 104 Å². The number of hydrogen-bond acceptors (Lipinski definition) is 5. The average molecular weight is 473 g/mol. The molecule has 7 nitrogen and oxygen atoms in total. The van der Waals surface area contributed by atoms with Gasteiger partial charge in [-0.15, -0.1) is 0 Å². The lowest BCUT2D eigenvalue weighted by molar-refractivity contribution is -0.123. The summed E-state index contributed by atoms with van der Waals surface area (Å²) >= 11 is 0. The van der Waals surface area contributed by atoms with E-state index in [9.17, 15) is 14.0 Å². The van der Waals surface area contributed by atoms with Gasteiger partial charge >= 0.3 is 0 Å². The normalized spacial score (nSPS) is 11.6. The van der Waals surface area contributed by atoms with Crippen molar-refractivity contribution in [3.05, 3.63) is 101 Å². The van der Waals surface area contributed by atoms with E-state index in [1.54, 1.807) is 56.3 Å². The molecule has 3 aromatic rings. The second kappa shape index (κ2) is 12.1. The molecule has 0 saturated carbocycles. The van der Waals surface area contributed by atoms with Gasteiger partial charge in [0, 0.05) is 5.56 Å². The van der Waals surface area contributed by atoms with Crippen molar-refractivity contribution >= 4 is 18.0 Å². The molecule has 0 aliphatic heterocycles. The molecule has 0 heterocycles. The lowest BCUT2D eigenvalue weighted by Crippen LogP contribution is -2.48. The maximum absolute atomic E-state index is 13.9.